The van der Waals surface area contributed by atoms with Crippen LogP contribution in [-0.2, 0) is 11.3 Å². The molecule has 4 nitrogen and oxygen atoms in total. The van der Waals surface area contributed by atoms with E-state index in [1.165, 1.54) is 0 Å². The summed E-state index contributed by atoms with van der Waals surface area (Å²) in [5, 5.41) is 1.79. The van der Waals surface area contributed by atoms with Crippen molar-refractivity contribution in [3.05, 3.63) is 23.8 Å². The molecule has 0 radical (unpaired) electrons. The van der Waals surface area contributed by atoms with Gasteiger partial charge in [-0.05, 0) is 17.7 Å². The molecule has 18 heavy (non-hydrogen) atoms. The number of rotatable bonds is 2. The van der Waals surface area contributed by atoms with E-state index in [-0.39, 0.29) is 6.54 Å². The maximum atomic E-state index is 12.0. The summed E-state index contributed by atoms with van der Waals surface area (Å²) in [5.74, 6) is -0.940. The molecule has 0 aliphatic carbocycles. The Morgan fingerprint density at radius 2 is 1.89 bits per heavy atom. The Morgan fingerprint density at radius 3 is 2.56 bits per heavy atom. The smallest absolute Gasteiger partial charge is 0.471 e. The molecule has 1 amide bonds. The number of carbonyl (C=O) groups is 1. The molecule has 1 heterocycles. The molecule has 2 rings (SSSR count). The summed E-state index contributed by atoms with van der Waals surface area (Å²) in [6.45, 7) is 0.623. The number of benzene rings is 1. The predicted molar refractivity (Wildman–Crippen MR) is 55.3 cm³/mol. The van der Waals surface area contributed by atoms with Gasteiger partial charge in [0.1, 0.15) is 13.2 Å². The minimum Gasteiger partial charge on any atom is -0.486 e. The highest BCUT2D eigenvalue weighted by molar-refractivity contribution is 5.81. The van der Waals surface area contributed by atoms with Crippen molar-refractivity contribution in [2.75, 3.05) is 13.2 Å². The lowest BCUT2D eigenvalue weighted by Gasteiger charge is -2.19. The van der Waals surface area contributed by atoms with Crippen molar-refractivity contribution in [3.63, 3.8) is 0 Å². The van der Waals surface area contributed by atoms with E-state index < -0.39 is 12.1 Å². The lowest BCUT2D eigenvalue weighted by Crippen LogP contribution is -2.36. The molecule has 1 aliphatic rings. The van der Waals surface area contributed by atoms with Crippen LogP contribution in [0.1, 0.15) is 5.56 Å². The summed E-state index contributed by atoms with van der Waals surface area (Å²) in [6.07, 6.45) is -4.87. The third-order valence-electron chi connectivity index (χ3n) is 2.32. The van der Waals surface area contributed by atoms with Crippen LogP contribution in [0.3, 0.4) is 0 Å². The summed E-state index contributed by atoms with van der Waals surface area (Å²) in [5.41, 5.74) is 0.511. The van der Waals surface area contributed by atoms with Gasteiger partial charge >= 0.3 is 12.1 Å². The second-order valence-corrected chi connectivity index (χ2v) is 3.66. The maximum Gasteiger partial charge on any atom is 0.471 e. The van der Waals surface area contributed by atoms with E-state index in [0.29, 0.717) is 30.3 Å². The minimum atomic E-state index is -4.87. The Kier molecular flexibility index (Phi) is 3.31. The van der Waals surface area contributed by atoms with Gasteiger partial charge in [-0.2, -0.15) is 13.2 Å². The Balaban J connectivity index is 2.00. The average Bonchev–Trinajstić information content (AvgIpc) is 2.34. The number of fused-ring (bicyclic) bond motifs is 1. The first kappa shape index (κ1) is 12.5. The number of nitrogens with one attached hydrogen (secondary N) is 1. The zero-order chi connectivity index (χ0) is 13.2. The summed E-state index contributed by atoms with van der Waals surface area (Å²) >= 11 is 0. The van der Waals surface area contributed by atoms with E-state index >= 15 is 0 Å². The van der Waals surface area contributed by atoms with Crippen LogP contribution in [-0.4, -0.2) is 25.3 Å². The molecule has 1 aliphatic heterocycles. The van der Waals surface area contributed by atoms with Gasteiger partial charge in [0.2, 0.25) is 0 Å². The molecule has 98 valence electrons. The molecule has 0 saturated heterocycles. The number of halogens is 3. The standard InChI is InChI=1S/C11H10F3NO3/c12-11(13,14)10(16)15-6-7-1-2-8-9(5-7)18-4-3-17-8/h1-2,5H,3-4,6H2,(H,15,16). The highest BCUT2D eigenvalue weighted by atomic mass is 19.4. The first-order valence-electron chi connectivity index (χ1n) is 5.20. The lowest BCUT2D eigenvalue weighted by molar-refractivity contribution is -0.173. The summed E-state index contributed by atoms with van der Waals surface area (Å²) < 4.78 is 46.4. The van der Waals surface area contributed by atoms with Crippen LogP contribution in [0.2, 0.25) is 0 Å². The molecule has 1 N–H and O–H groups in total. The van der Waals surface area contributed by atoms with E-state index in [4.69, 9.17) is 9.47 Å². The molecule has 0 aromatic heterocycles. The fourth-order valence-electron chi connectivity index (χ4n) is 1.48. The SMILES string of the molecule is O=C(NCc1ccc2c(c1)OCCO2)C(F)(F)F. The van der Waals surface area contributed by atoms with Gasteiger partial charge in [0, 0.05) is 6.54 Å². The molecule has 1 aromatic carbocycles. The number of carbonyl (C=O) groups excluding carboxylic acids is 1. The van der Waals surface area contributed by atoms with E-state index in [0.717, 1.165) is 0 Å². The molecule has 0 fully saturated rings. The maximum absolute atomic E-state index is 12.0. The van der Waals surface area contributed by atoms with E-state index in [1.807, 2.05) is 0 Å². The van der Waals surface area contributed by atoms with Crippen molar-refractivity contribution < 1.29 is 27.4 Å². The normalized spacial score (nSPS) is 14.2. The predicted octanol–water partition coefficient (Wildman–Crippen LogP) is 1.64. The average molecular weight is 261 g/mol. The first-order chi connectivity index (χ1) is 8.47. The van der Waals surface area contributed by atoms with Crippen molar-refractivity contribution in [2.24, 2.45) is 0 Å². The molecule has 0 bridgehead atoms. The van der Waals surface area contributed by atoms with Crippen LogP contribution >= 0.6 is 0 Å². The Morgan fingerprint density at radius 1 is 1.22 bits per heavy atom. The number of hydrogen-bond acceptors (Lipinski definition) is 3. The van der Waals surface area contributed by atoms with Crippen LogP contribution in [0.5, 0.6) is 11.5 Å². The van der Waals surface area contributed by atoms with Gasteiger partial charge < -0.3 is 14.8 Å². The second kappa shape index (κ2) is 4.75. The third-order valence-corrected chi connectivity index (χ3v) is 2.32. The first-order valence-corrected chi connectivity index (χ1v) is 5.20. The third kappa shape index (κ3) is 2.85. The quantitative estimate of drug-likeness (QED) is 0.880. The lowest BCUT2D eigenvalue weighted by atomic mass is 10.2. The van der Waals surface area contributed by atoms with Crippen molar-refractivity contribution in [2.45, 2.75) is 12.7 Å². The fourth-order valence-corrected chi connectivity index (χ4v) is 1.48. The molecule has 0 spiro atoms. The molecule has 1 aromatic rings. The zero-order valence-corrected chi connectivity index (χ0v) is 9.21. The topological polar surface area (TPSA) is 47.6 Å². The number of amides is 1. The summed E-state index contributed by atoms with van der Waals surface area (Å²) in [7, 11) is 0. The molecule has 0 saturated carbocycles. The molecule has 0 atom stereocenters. The van der Waals surface area contributed by atoms with Gasteiger partial charge in [-0.3, -0.25) is 4.79 Å². The fraction of sp³-hybridized carbons (Fsp3) is 0.364. The Hall–Kier alpha value is -1.92. The molecule has 0 unspecified atom stereocenters. The highest BCUT2D eigenvalue weighted by Crippen LogP contribution is 2.30. The van der Waals surface area contributed by atoms with Crippen LogP contribution in [0.25, 0.3) is 0 Å². The Bertz CT molecular complexity index is 459. The Labute approximate surface area is 101 Å². The van der Waals surface area contributed by atoms with Crippen LogP contribution < -0.4 is 14.8 Å². The monoisotopic (exact) mass is 261 g/mol. The van der Waals surface area contributed by atoms with Crippen molar-refractivity contribution in [3.8, 4) is 11.5 Å². The number of hydrogen-bond donors (Lipinski definition) is 1. The van der Waals surface area contributed by atoms with E-state index in [9.17, 15) is 18.0 Å². The summed E-state index contributed by atoms with van der Waals surface area (Å²) in [4.78, 5) is 10.6. The molecular weight excluding hydrogens is 251 g/mol. The van der Waals surface area contributed by atoms with Crippen molar-refractivity contribution in [1.82, 2.24) is 5.32 Å². The van der Waals surface area contributed by atoms with Gasteiger partial charge in [-0.15, -0.1) is 0 Å². The number of ether oxygens (including phenoxy) is 2. The highest BCUT2D eigenvalue weighted by Gasteiger charge is 2.38. The molecule has 7 heteroatoms. The van der Waals surface area contributed by atoms with Crippen molar-refractivity contribution >= 4 is 5.91 Å². The van der Waals surface area contributed by atoms with Crippen LogP contribution in [0.15, 0.2) is 18.2 Å². The van der Waals surface area contributed by atoms with Crippen LogP contribution in [0, 0.1) is 0 Å². The largest absolute Gasteiger partial charge is 0.486 e. The van der Waals surface area contributed by atoms with Gasteiger partial charge in [-0.25, -0.2) is 0 Å². The zero-order valence-electron chi connectivity index (χ0n) is 9.21. The second-order valence-electron chi connectivity index (χ2n) is 3.66. The van der Waals surface area contributed by atoms with Crippen molar-refractivity contribution in [1.29, 1.82) is 0 Å². The van der Waals surface area contributed by atoms with Gasteiger partial charge in [-0.1, -0.05) is 6.07 Å². The van der Waals surface area contributed by atoms with Gasteiger partial charge in [0.15, 0.2) is 11.5 Å². The van der Waals surface area contributed by atoms with Gasteiger partial charge in [0.25, 0.3) is 0 Å². The van der Waals surface area contributed by atoms with Gasteiger partial charge in [0.05, 0.1) is 0 Å². The van der Waals surface area contributed by atoms with E-state index in [2.05, 4.69) is 0 Å². The molecular formula is C11H10F3NO3. The van der Waals surface area contributed by atoms with E-state index in [1.54, 1.807) is 23.5 Å². The summed E-state index contributed by atoms with van der Waals surface area (Å²) in [6, 6.07) is 4.72. The van der Waals surface area contributed by atoms with Crippen LogP contribution in [0.4, 0.5) is 13.2 Å². The number of alkyl halides is 3. The minimum absolute atomic E-state index is 0.213.